The van der Waals surface area contributed by atoms with Crippen LogP contribution in [0.2, 0.25) is 0 Å². The topological polar surface area (TPSA) is 29.5 Å². The SMILES string of the molecule is CCCC(Br)Cc1ccc2c(c1)N(C)C(=O)C(C)O2. The highest BCUT2D eigenvalue weighted by atomic mass is 79.9. The summed E-state index contributed by atoms with van der Waals surface area (Å²) in [5.41, 5.74) is 2.10. The smallest absolute Gasteiger partial charge is 0.267 e. The van der Waals surface area contributed by atoms with Crippen LogP contribution < -0.4 is 9.64 Å². The van der Waals surface area contributed by atoms with Gasteiger partial charge in [-0.15, -0.1) is 0 Å². The number of nitrogens with zero attached hydrogens (tertiary/aromatic N) is 1. The molecule has 2 rings (SSSR count). The fourth-order valence-electron chi connectivity index (χ4n) is 2.36. The van der Waals surface area contributed by atoms with Crippen LogP contribution >= 0.6 is 15.9 Å². The van der Waals surface area contributed by atoms with Crippen LogP contribution in [-0.4, -0.2) is 23.9 Å². The molecule has 19 heavy (non-hydrogen) atoms. The van der Waals surface area contributed by atoms with Crippen LogP contribution in [0.25, 0.3) is 0 Å². The molecule has 2 atom stereocenters. The van der Waals surface area contributed by atoms with Crippen LogP contribution in [0.1, 0.15) is 32.3 Å². The van der Waals surface area contributed by atoms with E-state index in [1.807, 2.05) is 13.1 Å². The molecular weight excluding hydrogens is 306 g/mol. The van der Waals surface area contributed by atoms with Crippen molar-refractivity contribution in [3.05, 3.63) is 23.8 Å². The van der Waals surface area contributed by atoms with Gasteiger partial charge in [0.15, 0.2) is 6.10 Å². The summed E-state index contributed by atoms with van der Waals surface area (Å²) in [5, 5.41) is 0. The average Bonchev–Trinajstić information content (AvgIpc) is 2.37. The minimum atomic E-state index is -0.396. The van der Waals surface area contributed by atoms with Gasteiger partial charge in [0.25, 0.3) is 5.91 Å². The Hall–Kier alpha value is -1.03. The first kappa shape index (κ1) is 14.4. The summed E-state index contributed by atoms with van der Waals surface area (Å²) in [7, 11) is 1.81. The molecule has 0 radical (unpaired) electrons. The average molecular weight is 326 g/mol. The molecule has 4 heteroatoms. The van der Waals surface area contributed by atoms with Crippen molar-refractivity contribution in [3.63, 3.8) is 0 Å². The second-order valence-corrected chi connectivity index (χ2v) is 6.34. The highest BCUT2D eigenvalue weighted by molar-refractivity contribution is 9.09. The first-order valence-electron chi connectivity index (χ1n) is 6.74. The molecule has 3 nitrogen and oxygen atoms in total. The summed E-state index contributed by atoms with van der Waals surface area (Å²) < 4.78 is 5.62. The molecule has 0 saturated carbocycles. The number of benzene rings is 1. The van der Waals surface area contributed by atoms with Crippen molar-refractivity contribution in [3.8, 4) is 5.75 Å². The molecule has 2 unspecified atom stereocenters. The van der Waals surface area contributed by atoms with Gasteiger partial charge < -0.3 is 9.64 Å². The number of amides is 1. The van der Waals surface area contributed by atoms with Gasteiger partial charge >= 0.3 is 0 Å². The van der Waals surface area contributed by atoms with Gasteiger partial charge in [0.1, 0.15) is 5.75 Å². The fraction of sp³-hybridized carbons (Fsp3) is 0.533. The molecule has 0 N–H and O–H groups in total. The van der Waals surface area contributed by atoms with E-state index in [0.717, 1.165) is 24.3 Å². The molecule has 104 valence electrons. The third-order valence-corrected chi connectivity index (χ3v) is 4.21. The number of carbonyl (C=O) groups excluding carboxylic acids is 1. The lowest BCUT2D eigenvalue weighted by molar-refractivity contribution is -0.125. The van der Waals surface area contributed by atoms with E-state index in [0.29, 0.717) is 4.83 Å². The van der Waals surface area contributed by atoms with Gasteiger partial charge in [-0.25, -0.2) is 0 Å². The third kappa shape index (κ3) is 3.11. The van der Waals surface area contributed by atoms with Crippen molar-refractivity contribution in [2.45, 2.75) is 44.0 Å². The molecule has 0 fully saturated rings. The molecule has 1 amide bonds. The van der Waals surface area contributed by atoms with E-state index in [1.54, 1.807) is 11.8 Å². The summed E-state index contributed by atoms with van der Waals surface area (Å²) in [6, 6.07) is 6.11. The fourth-order valence-corrected chi connectivity index (χ4v) is 3.19. The van der Waals surface area contributed by atoms with Gasteiger partial charge in [0, 0.05) is 11.9 Å². The highest BCUT2D eigenvalue weighted by Gasteiger charge is 2.28. The Morgan fingerprint density at radius 2 is 2.21 bits per heavy atom. The number of carbonyl (C=O) groups is 1. The number of alkyl halides is 1. The van der Waals surface area contributed by atoms with E-state index in [4.69, 9.17) is 4.74 Å². The Morgan fingerprint density at radius 1 is 1.47 bits per heavy atom. The van der Waals surface area contributed by atoms with Crippen LogP contribution in [0.3, 0.4) is 0 Å². The number of fused-ring (bicyclic) bond motifs is 1. The Kier molecular flexibility index (Phi) is 4.50. The predicted octanol–water partition coefficient (Wildman–Crippen LogP) is 3.54. The number of hydrogen-bond acceptors (Lipinski definition) is 2. The van der Waals surface area contributed by atoms with E-state index in [-0.39, 0.29) is 5.91 Å². The van der Waals surface area contributed by atoms with Gasteiger partial charge in [-0.2, -0.15) is 0 Å². The maximum Gasteiger partial charge on any atom is 0.267 e. The second-order valence-electron chi connectivity index (χ2n) is 5.05. The standard InChI is InChI=1S/C15H20BrNO2/c1-4-5-12(16)8-11-6-7-14-13(9-11)17(3)15(18)10(2)19-14/h6-7,9-10,12H,4-5,8H2,1-3H3. The lowest BCUT2D eigenvalue weighted by Gasteiger charge is -2.30. The predicted molar refractivity (Wildman–Crippen MR) is 81.3 cm³/mol. The van der Waals surface area contributed by atoms with Crippen LogP contribution in [-0.2, 0) is 11.2 Å². The van der Waals surface area contributed by atoms with Crippen molar-refractivity contribution < 1.29 is 9.53 Å². The largest absolute Gasteiger partial charge is 0.479 e. The van der Waals surface area contributed by atoms with Crippen molar-refractivity contribution in [2.75, 3.05) is 11.9 Å². The van der Waals surface area contributed by atoms with Crippen LogP contribution in [0.15, 0.2) is 18.2 Å². The number of anilines is 1. The number of rotatable bonds is 4. The zero-order chi connectivity index (χ0) is 14.0. The monoisotopic (exact) mass is 325 g/mol. The molecule has 1 aliphatic heterocycles. The Balaban J connectivity index is 2.21. The Labute approximate surface area is 123 Å². The molecule has 0 aromatic heterocycles. The van der Waals surface area contributed by atoms with Gasteiger partial charge in [0.05, 0.1) is 5.69 Å². The Bertz CT molecular complexity index is 475. The summed E-state index contributed by atoms with van der Waals surface area (Å²) in [4.78, 5) is 14.1. The highest BCUT2D eigenvalue weighted by Crippen LogP contribution is 2.34. The van der Waals surface area contributed by atoms with Crippen molar-refractivity contribution in [1.29, 1.82) is 0 Å². The molecule has 1 aliphatic rings. The summed E-state index contributed by atoms with van der Waals surface area (Å²) in [6.45, 7) is 3.97. The molecule has 0 bridgehead atoms. The molecule has 0 aliphatic carbocycles. The zero-order valence-corrected chi connectivity index (χ0v) is 13.2. The first-order chi connectivity index (χ1) is 9.02. The Morgan fingerprint density at radius 3 is 2.89 bits per heavy atom. The second kappa shape index (κ2) is 5.95. The van der Waals surface area contributed by atoms with Crippen LogP contribution in [0.4, 0.5) is 5.69 Å². The van der Waals surface area contributed by atoms with E-state index in [2.05, 4.69) is 35.0 Å². The quantitative estimate of drug-likeness (QED) is 0.792. The molecule has 0 saturated heterocycles. The molecule has 1 aromatic carbocycles. The van der Waals surface area contributed by atoms with Crippen LogP contribution in [0, 0.1) is 0 Å². The minimum Gasteiger partial charge on any atom is -0.479 e. The molecular formula is C15H20BrNO2. The lowest BCUT2D eigenvalue weighted by Crippen LogP contribution is -2.42. The van der Waals surface area contributed by atoms with Crippen molar-refractivity contribution in [2.24, 2.45) is 0 Å². The number of hydrogen-bond donors (Lipinski definition) is 0. The summed E-state index contributed by atoms with van der Waals surface area (Å²) >= 11 is 3.70. The van der Waals surface area contributed by atoms with E-state index in [1.165, 1.54) is 12.0 Å². The zero-order valence-electron chi connectivity index (χ0n) is 11.6. The number of halogens is 1. The van der Waals surface area contributed by atoms with Crippen LogP contribution in [0.5, 0.6) is 5.75 Å². The van der Waals surface area contributed by atoms with E-state index in [9.17, 15) is 4.79 Å². The molecule has 1 heterocycles. The maximum atomic E-state index is 11.9. The first-order valence-corrected chi connectivity index (χ1v) is 7.65. The third-order valence-electron chi connectivity index (χ3n) is 3.43. The minimum absolute atomic E-state index is 0.00796. The maximum absolute atomic E-state index is 11.9. The van der Waals surface area contributed by atoms with Gasteiger partial charge in [0.2, 0.25) is 0 Å². The number of ether oxygens (including phenoxy) is 1. The lowest BCUT2D eigenvalue weighted by atomic mass is 10.0. The number of likely N-dealkylation sites (N-methyl/N-ethyl adjacent to an activating group) is 1. The van der Waals surface area contributed by atoms with Crippen molar-refractivity contribution >= 4 is 27.5 Å². The normalized spacial score (nSPS) is 19.9. The molecule has 1 aromatic rings. The molecule has 0 spiro atoms. The van der Waals surface area contributed by atoms with Gasteiger partial charge in [-0.3, -0.25) is 4.79 Å². The van der Waals surface area contributed by atoms with Gasteiger partial charge in [-0.1, -0.05) is 35.3 Å². The van der Waals surface area contributed by atoms with E-state index >= 15 is 0 Å². The van der Waals surface area contributed by atoms with E-state index < -0.39 is 6.10 Å². The summed E-state index contributed by atoms with van der Waals surface area (Å²) in [5.74, 6) is 0.800. The van der Waals surface area contributed by atoms with Gasteiger partial charge in [-0.05, 0) is 37.5 Å². The van der Waals surface area contributed by atoms with Crippen molar-refractivity contribution in [1.82, 2.24) is 0 Å². The summed E-state index contributed by atoms with van der Waals surface area (Å²) in [6.07, 6.45) is 2.89.